The molecule has 94 valence electrons. The fourth-order valence-electron chi connectivity index (χ4n) is 1.51. The first kappa shape index (κ1) is 12.4. The highest BCUT2D eigenvalue weighted by Gasteiger charge is 2.10. The van der Waals surface area contributed by atoms with E-state index in [4.69, 9.17) is 10.5 Å². The number of benzene rings is 1. The lowest BCUT2D eigenvalue weighted by atomic mass is 10.2. The number of ether oxygens (including phenoxy) is 1. The molecule has 1 amide bonds. The predicted octanol–water partition coefficient (Wildman–Crippen LogP) is 2.98. The second-order valence-electron chi connectivity index (χ2n) is 3.62. The number of carbonyl (C=O) groups is 1. The number of anilines is 2. The van der Waals surface area contributed by atoms with Gasteiger partial charge in [0.25, 0.3) is 5.91 Å². The van der Waals surface area contributed by atoms with E-state index in [0.717, 1.165) is 0 Å². The Bertz CT molecular complexity index is 538. The molecule has 0 bridgehead atoms. The molecule has 4 nitrogen and oxygen atoms in total. The van der Waals surface area contributed by atoms with Gasteiger partial charge in [-0.05, 0) is 30.5 Å². The second kappa shape index (κ2) is 5.55. The molecule has 0 aliphatic rings. The minimum atomic E-state index is -0.143. The van der Waals surface area contributed by atoms with Gasteiger partial charge in [-0.25, -0.2) is 0 Å². The third-order valence-corrected chi connectivity index (χ3v) is 3.17. The van der Waals surface area contributed by atoms with Crippen LogP contribution < -0.4 is 15.8 Å². The van der Waals surface area contributed by atoms with Crippen LogP contribution in [-0.4, -0.2) is 12.5 Å². The minimum absolute atomic E-state index is 0.143. The van der Waals surface area contributed by atoms with Gasteiger partial charge in [0.2, 0.25) is 0 Å². The third kappa shape index (κ3) is 2.81. The fourth-order valence-corrected chi connectivity index (χ4v) is 2.13. The summed E-state index contributed by atoms with van der Waals surface area (Å²) in [5, 5.41) is 4.68. The summed E-state index contributed by atoms with van der Waals surface area (Å²) in [6.07, 6.45) is 0. The maximum absolute atomic E-state index is 11.9. The summed E-state index contributed by atoms with van der Waals surface area (Å²) in [6.45, 7) is 2.40. The Kier molecular flexibility index (Phi) is 3.84. The Balaban J connectivity index is 2.20. The lowest BCUT2D eigenvalue weighted by molar-refractivity contribution is 0.103. The molecule has 1 heterocycles. The first-order valence-corrected chi connectivity index (χ1v) is 6.46. The van der Waals surface area contributed by atoms with E-state index in [0.29, 0.717) is 28.6 Å². The summed E-state index contributed by atoms with van der Waals surface area (Å²) < 4.78 is 5.44. The van der Waals surface area contributed by atoms with E-state index >= 15 is 0 Å². The van der Waals surface area contributed by atoms with Gasteiger partial charge in [-0.1, -0.05) is 6.07 Å². The molecule has 0 radical (unpaired) electrons. The Morgan fingerprint density at radius 2 is 2.28 bits per heavy atom. The van der Waals surface area contributed by atoms with Crippen LogP contribution in [0.2, 0.25) is 0 Å². The SMILES string of the molecule is CCOc1cc(N)ccc1NC(=O)c1cccs1. The van der Waals surface area contributed by atoms with Crippen LogP contribution >= 0.6 is 11.3 Å². The maximum atomic E-state index is 11.9. The molecule has 0 aliphatic heterocycles. The first-order chi connectivity index (χ1) is 8.70. The molecule has 1 aromatic carbocycles. The molecule has 0 unspecified atom stereocenters. The number of amides is 1. The van der Waals surface area contributed by atoms with Gasteiger partial charge in [-0.2, -0.15) is 0 Å². The van der Waals surface area contributed by atoms with E-state index < -0.39 is 0 Å². The highest BCUT2D eigenvalue weighted by molar-refractivity contribution is 7.12. The molecule has 0 saturated carbocycles. The average molecular weight is 262 g/mol. The van der Waals surface area contributed by atoms with Crippen molar-refractivity contribution in [1.82, 2.24) is 0 Å². The molecule has 0 aliphatic carbocycles. The van der Waals surface area contributed by atoms with Crippen molar-refractivity contribution in [2.45, 2.75) is 6.92 Å². The van der Waals surface area contributed by atoms with E-state index in [1.165, 1.54) is 11.3 Å². The molecular formula is C13H14N2O2S. The summed E-state index contributed by atoms with van der Waals surface area (Å²) in [5.41, 5.74) is 6.93. The van der Waals surface area contributed by atoms with Gasteiger partial charge in [0, 0.05) is 11.8 Å². The number of hydrogen-bond acceptors (Lipinski definition) is 4. The average Bonchev–Trinajstić information content (AvgIpc) is 2.86. The van der Waals surface area contributed by atoms with Gasteiger partial charge < -0.3 is 15.8 Å². The lowest BCUT2D eigenvalue weighted by Gasteiger charge is -2.11. The third-order valence-electron chi connectivity index (χ3n) is 2.30. The number of nitrogen functional groups attached to an aromatic ring is 1. The summed E-state index contributed by atoms with van der Waals surface area (Å²) >= 11 is 1.40. The largest absolute Gasteiger partial charge is 0.492 e. The molecule has 1 aromatic heterocycles. The molecule has 0 atom stereocenters. The Labute approximate surface area is 109 Å². The Hall–Kier alpha value is -2.01. The van der Waals surface area contributed by atoms with Crippen molar-refractivity contribution in [2.75, 3.05) is 17.7 Å². The van der Waals surface area contributed by atoms with Crippen LogP contribution in [0.4, 0.5) is 11.4 Å². The molecule has 18 heavy (non-hydrogen) atoms. The molecule has 5 heteroatoms. The molecule has 2 rings (SSSR count). The highest BCUT2D eigenvalue weighted by atomic mass is 32.1. The second-order valence-corrected chi connectivity index (χ2v) is 4.57. The van der Waals surface area contributed by atoms with E-state index in [9.17, 15) is 4.79 Å². The zero-order valence-corrected chi connectivity index (χ0v) is 10.8. The highest BCUT2D eigenvalue weighted by Crippen LogP contribution is 2.27. The van der Waals surface area contributed by atoms with Crippen LogP contribution in [0, 0.1) is 0 Å². The van der Waals surface area contributed by atoms with Gasteiger partial charge in [-0.3, -0.25) is 4.79 Å². The summed E-state index contributed by atoms with van der Waals surface area (Å²) in [6, 6.07) is 8.79. The number of rotatable bonds is 4. The smallest absolute Gasteiger partial charge is 0.265 e. The van der Waals surface area contributed by atoms with Crippen LogP contribution in [0.1, 0.15) is 16.6 Å². The van der Waals surface area contributed by atoms with Crippen molar-refractivity contribution in [3.05, 3.63) is 40.6 Å². The summed E-state index contributed by atoms with van der Waals surface area (Å²) in [5.74, 6) is 0.443. The van der Waals surface area contributed by atoms with Crippen LogP contribution in [0.3, 0.4) is 0 Å². The summed E-state index contributed by atoms with van der Waals surface area (Å²) in [4.78, 5) is 12.6. The molecule has 0 saturated heterocycles. The zero-order chi connectivity index (χ0) is 13.0. The van der Waals surface area contributed by atoms with Gasteiger partial charge in [0.15, 0.2) is 0 Å². The van der Waals surface area contributed by atoms with Crippen LogP contribution in [0.5, 0.6) is 5.75 Å². The Morgan fingerprint density at radius 3 is 2.94 bits per heavy atom. The van der Waals surface area contributed by atoms with Crippen LogP contribution in [-0.2, 0) is 0 Å². The number of thiophene rings is 1. The van der Waals surface area contributed by atoms with E-state index in [1.807, 2.05) is 18.4 Å². The molecule has 2 aromatic rings. The van der Waals surface area contributed by atoms with Crippen molar-refractivity contribution in [3.63, 3.8) is 0 Å². The van der Waals surface area contributed by atoms with Crippen molar-refractivity contribution in [1.29, 1.82) is 0 Å². The van der Waals surface area contributed by atoms with E-state index in [2.05, 4.69) is 5.32 Å². The van der Waals surface area contributed by atoms with Gasteiger partial charge >= 0.3 is 0 Å². The van der Waals surface area contributed by atoms with Crippen LogP contribution in [0.15, 0.2) is 35.7 Å². The van der Waals surface area contributed by atoms with Crippen molar-refractivity contribution >= 4 is 28.6 Å². The first-order valence-electron chi connectivity index (χ1n) is 5.58. The van der Waals surface area contributed by atoms with Crippen LogP contribution in [0.25, 0.3) is 0 Å². The van der Waals surface area contributed by atoms with E-state index in [1.54, 1.807) is 24.3 Å². The molecule has 0 fully saturated rings. The van der Waals surface area contributed by atoms with Crippen molar-refractivity contribution in [2.24, 2.45) is 0 Å². The van der Waals surface area contributed by atoms with Gasteiger partial charge in [0.1, 0.15) is 5.75 Å². The predicted molar refractivity (Wildman–Crippen MR) is 74.3 cm³/mol. The Morgan fingerprint density at radius 1 is 1.44 bits per heavy atom. The minimum Gasteiger partial charge on any atom is -0.492 e. The summed E-state index contributed by atoms with van der Waals surface area (Å²) in [7, 11) is 0. The quantitative estimate of drug-likeness (QED) is 0.832. The molecule has 3 N–H and O–H groups in total. The number of carbonyl (C=O) groups excluding carboxylic acids is 1. The topological polar surface area (TPSA) is 64.3 Å². The lowest BCUT2D eigenvalue weighted by Crippen LogP contribution is -2.11. The van der Waals surface area contributed by atoms with Gasteiger partial charge in [-0.15, -0.1) is 11.3 Å². The zero-order valence-electron chi connectivity index (χ0n) is 9.97. The molecular weight excluding hydrogens is 248 g/mol. The number of nitrogens with two attached hydrogens (primary N) is 1. The molecule has 0 spiro atoms. The number of hydrogen-bond donors (Lipinski definition) is 2. The normalized spacial score (nSPS) is 10.1. The van der Waals surface area contributed by atoms with Crippen molar-refractivity contribution in [3.8, 4) is 5.75 Å². The standard InChI is InChI=1S/C13H14N2O2S/c1-2-17-11-8-9(14)5-6-10(11)15-13(16)12-4-3-7-18-12/h3-8H,2,14H2,1H3,(H,15,16). The maximum Gasteiger partial charge on any atom is 0.265 e. The number of nitrogens with one attached hydrogen (secondary N) is 1. The van der Waals surface area contributed by atoms with Gasteiger partial charge in [0.05, 0.1) is 17.2 Å². The van der Waals surface area contributed by atoms with Crippen molar-refractivity contribution < 1.29 is 9.53 Å². The fraction of sp³-hybridized carbons (Fsp3) is 0.154. The monoisotopic (exact) mass is 262 g/mol. The van der Waals surface area contributed by atoms with E-state index in [-0.39, 0.29) is 5.91 Å².